The van der Waals surface area contributed by atoms with E-state index in [1.54, 1.807) is 18.6 Å². The molecule has 0 aliphatic heterocycles. The molecule has 0 fully saturated rings. The Morgan fingerprint density at radius 1 is 0.217 bits per heavy atom. The maximum Gasteiger partial charge on any atom is 0.179 e. The molecule has 7 heterocycles. The molecule has 0 aliphatic rings. The summed E-state index contributed by atoms with van der Waals surface area (Å²) in [6, 6.07) is 57.1. The van der Waals surface area contributed by atoms with Crippen molar-refractivity contribution in [3.63, 3.8) is 0 Å². The molecule has 0 saturated carbocycles. The van der Waals surface area contributed by atoms with Gasteiger partial charge in [-0.25, -0.2) is 24.9 Å². The summed E-state index contributed by atoms with van der Waals surface area (Å²) in [5, 5.41) is 0. The third-order valence-corrected chi connectivity index (χ3v) is 10.1. The number of benzene rings is 3. The number of hydrogen-bond acceptors (Lipinski definition) is 8. The monoisotopic (exact) mass is 770 g/mol. The summed E-state index contributed by atoms with van der Waals surface area (Å²) in [5.74, 6) is 0.426. The van der Waals surface area contributed by atoms with E-state index in [1.807, 2.05) is 122 Å². The van der Waals surface area contributed by atoms with E-state index in [9.17, 15) is 0 Å². The first-order chi connectivity index (χ1) is 29.7. The minimum Gasteiger partial charge on any atom is -0.264 e. The number of rotatable bonds is 9. The fourth-order valence-electron chi connectivity index (χ4n) is 7.17. The van der Waals surface area contributed by atoms with Crippen LogP contribution in [-0.2, 0) is 0 Å². The summed E-state index contributed by atoms with van der Waals surface area (Å²) in [5.41, 5.74) is 14.2. The van der Waals surface area contributed by atoms with Gasteiger partial charge in [-0.1, -0.05) is 91.0 Å². The fourth-order valence-corrected chi connectivity index (χ4v) is 7.17. The van der Waals surface area contributed by atoms with Crippen LogP contribution in [-0.4, -0.2) is 39.9 Å². The Labute approximate surface area is 347 Å². The summed E-state index contributed by atoms with van der Waals surface area (Å²) in [4.78, 5) is 39.5. The molecule has 0 amide bonds. The summed E-state index contributed by atoms with van der Waals surface area (Å²) in [7, 11) is 0. The van der Waals surface area contributed by atoms with Gasteiger partial charge in [0.15, 0.2) is 5.82 Å². The van der Waals surface area contributed by atoms with E-state index in [1.165, 1.54) is 0 Å². The first kappa shape index (κ1) is 36.0. The van der Waals surface area contributed by atoms with Crippen LogP contribution in [0.2, 0.25) is 0 Å². The first-order valence-electron chi connectivity index (χ1n) is 19.5. The highest BCUT2D eigenvalue weighted by Crippen LogP contribution is 2.36. The van der Waals surface area contributed by atoms with E-state index in [-0.39, 0.29) is 0 Å². The molecule has 7 aromatic heterocycles. The second kappa shape index (κ2) is 16.2. The van der Waals surface area contributed by atoms with Crippen LogP contribution in [0, 0.1) is 0 Å². The van der Waals surface area contributed by atoms with Crippen LogP contribution in [0.3, 0.4) is 0 Å². The van der Waals surface area contributed by atoms with Crippen molar-refractivity contribution in [2.45, 2.75) is 0 Å². The third-order valence-electron chi connectivity index (χ3n) is 10.1. The molecule has 8 heteroatoms. The number of pyridine rings is 6. The second-order valence-corrected chi connectivity index (χ2v) is 14.2. The van der Waals surface area contributed by atoms with Crippen LogP contribution in [0.5, 0.6) is 0 Å². The van der Waals surface area contributed by atoms with Crippen LogP contribution >= 0.6 is 0 Å². The van der Waals surface area contributed by atoms with Gasteiger partial charge in [-0.05, 0) is 112 Å². The van der Waals surface area contributed by atoms with Gasteiger partial charge >= 0.3 is 0 Å². The minimum atomic E-state index is 0.426. The summed E-state index contributed by atoms with van der Waals surface area (Å²) in [6.07, 6.45) is 10.8. The molecule has 60 heavy (non-hydrogen) atoms. The molecule has 10 aromatic rings. The Morgan fingerprint density at radius 2 is 0.517 bits per heavy atom. The number of aromatic nitrogens is 8. The third kappa shape index (κ3) is 7.68. The number of hydrogen-bond donors (Lipinski definition) is 0. The SMILES string of the molecule is c1ccc(-c2cc(-c3cccnc3)nc(-c3cc(-c4cc(-c5ccccc5)cc(-c5cccnc5)n4)nc(-c4cc(-c5ccccc5)cc(-c5cccnc5)n4)n3)c2)cc1. The Morgan fingerprint density at radius 3 is 0.867 bits per heavy atom. The molecule has 0 bridgehead atoms. The lowest BCUT2D eigenvalue weighted by molar-refractivity contribution is 1.12. The van der Waals surface area contributed by atoms with Crippen molar-refractivity contribution in [3.8, 4) is 101 Å². The molecule has 0 atom stereocenters. The van der Waals surface area contributed by atoms with Gasteiger partial charge in [0, 0.05) is 53.9 Å². The topological polar surface area (TPSA) is 103 Å². The lowest BCUT2D eigenvalue weighted by atomic mass is 10.0. The Bertz CT molecular complexity index is 2540. The van der Waals surface area contributed by atoms with E-state index in [0.717, 1.165) is 67.2 Å². The smallest absolute Gasteiger partial charge is 0.179 e. The van der Waals surface area contributed by atoms with Gasteiger partial charge in [0.1, 0.15) is 5.69 Å². The standard InChI is InChI=1S/C52H34N8/c1-4-13-35(14-5-1)41-25-44(38-19-10-22-53-32-38)56-47(28-41)49-31-50(48-29-42(36-15-6-2-7-16-36)26-45(57-48)39-20-11-23-54-33-39)60-52(59-49)51-30-43(37-17-8-3-9-18-37)27-46(58-51)40-21-12-24-55-34-40/h1-34H. The largest absolute Gasteiger partial charge is 0.264 e. The maximum atomic E-state index is 5.29. The van der Waals surface area contributed by atoms with Gasteiger partial charge < -0.3 is 0 Å². The summed E-state index contributed by atoms with van der Waals surface area (Å²) in [6.45, 7) is 0. The summed E-state index contributed by atoms with van der Waals surface area (Å²) < 4.78 is 0. The average Bonchev–Trinajstić information content (AvgIpc) is 3.35. The van der Waals surface area contributed by atoms with E-state index in [2.05, 4.69) is 81.7 Å². The van der Waals surface area contributed by atoms with Crippen LogP contribution in [0.15, 0.2) is 207 Å². The average molecular weight is 771 g/mol. The van der Waals surface area contributed by atoms with E-state index < -0.39 is 0 Å². The molecule has 0 unspecified atom stereocenters. The lowest BCUT2D eigenvalue weighted by Gasteiger charge is -2.14. The molecule has 0 spiro atoms. The van der Waals surface area contributed by atoms with Crippen molar-refractivity contribution < 1.29 is 0 Å². The lowest BCUT2D eigenvalue weighted by Crippen LogP contribution is -2.02. The van der Waals surface area contributed by atoms with Crippen LogP contribution in [0.25, 0.3) is 101 Å². The Kier molecular flexibility index (Phi) is 9.75. The van der Waals surface area contributed by atoms with Gasteiger partial charge in [0.25, 0.3) is 0 Å². The summed E-state index contributed by atoms with van der Waals surface area (Å²) >= 11 is 0. The zero-order valence-corrected chi connectivity index (χ0v) is 32.2. The van der Waals surface area contributed by atoms with Crippen molar-refractivity contribution in [1.29, 1.82) is 0 Å². The normalized spacial score (nSPS) is 11.0. The molecule has 0 aliphatic carbocycles. The molecule has 3 aromatic carbocycles. The maximum absolute atomic E-state index is 5.29. The van der Waals surface area contributed by atoms with E-state index >= 15 is 0 Å². The predicted molar refractivity (Wildman–Crippen MR) is 238 cm³/mol. The highest BCUT2D eigenvalue weighted by molar-refractivity contribution is 5.81. The predicted octanol–water partition coefficient (Wildman–Crippen LogP) is 11.8. The van der Waals surface area contributed by atoms with Gasteiger partial charge in [-0.15, -0.1) is 0 Å². The number of nitrogens with zero attached hydrogens (tertiary/aromatic N) is 8. The molecular formula is C52H34N8. The Balaban J connectivity index is 1.24. The highest BCUT2D eigenvalue weighted by atomic mass is 15.0. The van der Waals surface area contributed by atoms with Crippen LogP contribution in [0.4, 0.5) is 0 Å². The zero-order chi connectivity index (χ0) is 40.1. The van der Waals surface area contributed by atoms with Crippen LogP contribution in [0.1, 0.15) is 0 Å². The molecule has 0 N–H and O–H groups in total. The quantitative estimate of drug-likeness (QED) is 0.143. The van der Waals surface area contributed by atoms with E-state index in [4.69, 9.17) is 24.9 Å². The minimum absolute atomic E-state index is 0.426. The molecule has 10 rings (SSSR count). The van der Waals surface area contributed by atoms with Crippen LogP contribution < -0.4 is 0 Å². The molecular weight excluding hydrogens is 737 g/mol. The van der Waals surface area contributed by atoms with Gasteiger partial charge in [0.05, 0.1) is 39.9 Å². The van der Waals surface area contributed by atoms with Crippen molar-refractivity contribution in [2.75, 3.05) is 0 Å². The Hall–Kier alpha value is -8.36. The molecule has 282 valence electrons. The van der Waals surface area contributed by atoms with Gasteiger partial charge in [-0.3, -0.25) is 15.0 Å². The molecule has 0 radical (unpaired) electrons. The fraction of sp³-hybridized carbons (Fsp3) is 0. The van der Waals surface area contributed by atoms with Crippen molar-refractivity contribution in [2.24, 2.45) is 0 Å². The van der Waals surface area contributed by atoms with Crippen molar-refractivity contribution in [1.82, 2.24) is 39.9 Å². The zero-order valence-electron chi connectivity index (χ0n) is 32.2. The van der Waals surface area contributed by atoms with E-state index in [0.29, 0.717) is 34.3 Å². The van der Waals surface area contributed by atoms with Crippen molar-refractivity contribution >= 4 is 0 Å². The van der Waals surface area contributed by atoms with Gasteiger partial charge in [0.2, 0.25) is 0 Å². The highest BCUT2D eigenvalue weighted by Gasteiger charge is 2.19. The first-order valence-corrected chi connectivity index (χ1v) is 19.5. The second-order valence-electron chi connectivity index (χ2n) is 14.2. The molecule has 8 nitrogen and oxygen atoms in total. The molecule has 0 saturated heterocycles. The van der Waals surface area contributed by atoms with Crippen molar-refractivity contribution in [3.05, 3.63) is 207 Å². The van der Waals surface area contributed by atoms with Gasteiger partial charge in [-0.2, -0.15) is 0 Å².